The van der Waals surface area contributed by atoms with Crippen LogP contribution in [0.15, 0.2) is 18.2 Å². The Bertz CT molecular complexity index is 658. The van der Waals surface area contributed by atoms with E-state index in [1.165, 1.54) is 0 Å². The van der Waals surface area contributed by atoms with Gasteiger partial charge in [0, 0.05) is 25.8 Å². The van der Waals surface area contributed by atoms with Crippen molar-refractivity contribution in [2.75, 3.05) is 19.8 Å². The first kappa shape index (κ1) is 19.8. The normalized spacial score (nSPS) is 15.1. The monoisotopic (exact) mass is 362 g/mol. The summed E-state index contributed by atoms with van der Waals surface area (Å²) >= 11 is 0. The average Bonchev–Trinajstić information content (AvgIpc) is 2.93. The third kappa shape index (κ3) is 4.97. The van der Waals surface area contributed by atoms with E-state index >= 15 is 0 Å². The molecule has 3 amide bonds. The number of likely N-dealkylation sites (tertiary alicyclic amines) is 1. The zero-order chi connectivity index (χ0) is 19.1. The lowest BCUT2D eigenvalue weighted by Gasteiger charge is -2.18. The van der Waals surface area contributed by atoms with E-state index in [2.05, 4.69) is 5.32 Å². The standard InChI is InChI=1S/C19H26N2O5/c1-4-25-15-7-6-14(12-16(15)26-5-2)13(3)20-17(22)10-11-21-18(23)8-9-19(21)24/h6-7,12-13H,4-5,8-11H2,1-3H3,(H,20,22)/t13-/m1/s1. The minimum absolute atomic E-state index is 0.0944. The van der Waals surface area contributed by atoms with Crippen molar-refractivity contribution in [2.24, 2.45) is 0 Å². The molecule has 142 valence electrons. The Balaban J connectivity index is 1.94. The van der Waals surface area contributed by atoms with Crippen LogP contribution >= 0.6 is 0 Å². The second-order valence-corrected chi connectivity index (χ2v) is 6.05. The van der Waals surface area contributed by atoms with Crippen LogP contribution in [0.4, 0.5) is 0 Å². The molecule has 2 rings (SSSR count). The number of imide groups is 1. The van der Waals surface area contributed by atoms with E-state index in [1.54, 1.807) is 0 Å². The second-order valence-electron chi connectivity index (χ2n) is 6.05. The molecule has 1 aromatic carbocycles. The summed E-state index contributed by atoms with van der Waals surface area (Å²) < 4.78 is 11.1. The zero-order valence-corrected chi connectivity index (χ0v) is 15.5. The molecule has 0 unspecified atom stereocenters. The second kappa shape index (κ2) is 9.22. The van der Waals surface area contributed by atoms with Gasteiger partial charge in [0.15, 0.2) is 11.5 Å². The first-order valence-corrected chi connectivity index (χ1v) is 8.98. The van der Waals surface area contributed by atoms with Gasteiger partial charge in [0.05, 0.1) is 19.3 Å². The molecule has 1 fully saturated rings. The maximum atomic E-state index is 12.2. The number of hydrogen-bond acceptors (Lipinski definition) is 5. The number of ether oxygens (including phenoxy) is 2. The molecule has 0 bridgehead atoms. The highest BCUT2D eigenvalue weighted by molar-refractivity contribution is 6.02. The van der Waals surface area contributed by atoms with E-state index in [4.69, 9.17) is 9.47 Å². The molecule has 7 heteroatoms. The molecule has 1 aliphatic heterocycles. The molecule has 1 heterocycles. The molecule has 26 heavy (non-hydrogen) atoms. The fraction of sp³-hybridized carbons (Fsp3) is 0.526. The molecule has 1 saturated heterocycles. The van der Waals surface area contributed by atoms with Crippen molar-refractivity contribution in [3.63, 3.8) is 0 Å². The lowest BCUT2D eigenvalue weighted by molar-refractivity contribution is -0.138. The lowest BCUT2D eigenvalue weighted by Crippen LogP contribution is -2.34. The Morgan fingerprint density at radius 2 is 1.73 bits per heavy atom. The number of benzene rings is 1. The summed E-state index contributed by atoms with van der Waals surface area (Å²) in [6.07, 6.45) is 0.573. The first-order valence-electron chi connectivity index (χ1n) is 8.98. The van der Waals surface area contributed by atoms with E-state index < -0.39 is 0 Å². The van der Waals surface area contributed by atoms with Crippen molar-refractivity contribution in [2.45, 2.75) is 46.1 Å². The van der Waals surface area contributed by atoms with Gasteiger partial charge in [-0.1, -0.05) is 6.07 Å². The summed E-state index contributed by atoms with van der Waals surface area (Å²) in [6, 6.07) is 5.33. The van der Waals surface area contributed by atoms with Crippen LogP contribution in [0.5, 0.6) is 11.5 Å². The Labute approximate surface area is 153 Å². The largest absolute Gasteiger partial charge is 0.490 e. The number of amides is 3. The highest BCUT2D eigenvalue weighted by Gasteiger charge is 2.28. The highest BCUT2D eigenvalue weighted by atomic mass is 16.5. The van der Waals surface area contributed by atoms with Gasteiger partial charge in [-0.25, -0.2) is 0 Å². The minimum Gasteiger partial charge on any atom is -0.490 e. The molecular formula is C19H26N2O5. The van der Waals surface area contributed by atoms with E-state index in [-0.39, 0.29) is 49.6 Å². The first-order chi connectivity index (χ1) is 12.5. The minimum atomic E-state index is -0.234. The Hall–Kier alpha value is -2.57. The molecule has 0 saturated carbocycles. The van der Waals surface area contributed by atoms with Crippen molar-refractivity contribution in [1.29, 1.82) is 0 Å². The number of rotatable bonds is 9. The predicted octanol–water partition coefficient (Wildman–Crippen LogP) is 2.20. The molecule has 7 nitrogen and oxygen atoms in total. The fourth-order valence-electron chi connectivity index (χ4n) is 2.82. The van der Waals surface area contributed by atoms with Crippen molar-refractivity contribution < 1.29 is 23.9 Å². The summed E-state index contributed by atoms with van der Waals surface area (Å²) in [6.45, 7) is 6.86. The molecule has 0 radical (unpaired) electrons. The van der Waals surface area contributed by atoms with Gasteiger partial charge in [-0.3, -0.25) is 19.3 Å². The Morgan fingerprint density at radius 3 is 2.35 bits per heavy atom. The summed E-state index contributed by atoms with van der Waals surface area (Å²) in [5, 5.41) is 2.89. The predicted molar refractivity (Wildman–Crippen MR) is 95.9 cm³/mol. The van der Waals surface area contributed by atoms with Crippen LogP contribution in [0.1, 0.15) is 51.6 Å². The summed E-state index contributed by atoms with van der Waals surface area (Å²) in [5.74, 6) is 0.688. The van der Waals surface area contributed by atoms with Crippen LogP contribution < -0.4 is 14.8 Å². The third-order valence-electron chi connectivity index (χ3n) is 4.16. The SMILES string of the molecule is CCOc1ccc([C@@H](C)NC(=O)CCN2C(=O)CCC2=O)cc1OCC. The topological polar surface area (TPSA) is 84.9 Å². The van der Waals surface area contributed by atoms with Crippen molar-refractivity contribution in [1.82, 2.24) is 10.2 Å². The summed E-state index contributed by atoms with van der Waals surface area (Å²) in [7, 11) is 0. The number of nitrogens with zero attached hydrogens (tertiary/aromatic N) is 1. The van der Waals surface area contributed by atoms with Crippen LogP contribution in [0.3, 0.4) is 0 Å². The number of hydrogen-bond donors (Lipinski definition) is 1. The third-order valence-corrected chi connectivity index (χ3v) is 4.16. The van der Waals surface area contributed by atoms with E-state index in [0.29, 0.717) is 24.7 Å². The maximum Gasteiger partial charge on any atom is 0.229 e. The molecule has 0 spiro atoms. The number of carbonyl (C=O) groups excluding carboxylic acids is 3. The van der Waals surface area contributed by atoms with E-state index in [0.717, 1.165) is 10.5 Å². The lowest BCUT2D eigenvalue weighted by atomic mass is 10.1. The zero-order valence-electron chi connectivity index (χ0n) is 15.5. The van der Waals surface area contributed by atoms with Gasteiger partial charge in [-0.2, -0.15) is 0 Å². The van der Waals surface area contributed by atoms with Gasteiger partial charge in [0.1, 0.15) is 0 Å². The molecule has 1 atom stereocenters. The van der Waals surface area contributed by atoms with E-state index in [9.17, 15) is 14.4 Å². The van der Waals surface area contributed by atoms with Crippen LogP contribution in [-0.2, 0) is 14.4 Å². The smallest absolute Gasteiger partial charge is 0.229 e. The van der Waals surface area contributed by atoms with Crippen molar-refractivity contribution in [3.05, 3.63) is 23.8 Å². The van der Waals surface area contributed by atoms with Gasteiger partial charge in [-0.05, 0) is 38.5 Å². The Kier molecular flexibility index (Phi) is 7.00. The van der Waals surface area contributed by atoms with E-state index in [1.807, 2.05) is 39.0 Å². The van der Waals surface area contributed by atoms with Crippen molar-refractivity contribution in [3.8, 4) is 11.5 Å². The molecular weight excluding hydrogens is 336 g/mol. The highest BCUT2D eigenvalue weighted by Crippen LogP contribution is 2.30. The number of carbonyl (C=O) groups is 3. The van der Waals surface area contributed by atoms with Gasteiger partial charge >= 0.3 is 0 Å². The summed E-state index contributed by atoms with van der Waals surface area (Å²) in [4.78, 5) is 36.5. The van der Waals surface area contributed by atoms with Crippen LogP contribution in [0, 0.1) is 0 Å². The Morgan fingerprint density at radius 1 is 1.12 bits per heavy atom. The quantitative estimate of drug-likeness (QED) is 0.681. The van der Waals surface area contributed by atoms with Gasteiger partial charge in [0.2, 0.25) is 17.7 Å². The van der Waals surface area contributed by atoms with Crippen LogP contribution in [-0.4, -0.2) is 42.4 Å². The molecule has 1 aliphatic rings. The van der Waals surface area contributed by atoms with Crippen molar-refractivity contribution >= 4 is 17.7 Å². The maximum absolute atomic E-state index is 12.2. The molecule has 0 aromatic heterocycles. The molecule has 0 aliphatic carbocycles. The molecule has 1 N–H and O–H groups in total. The van der Waals surface area contributed by atoms with Crippen LogP contribution in [0.2, 0.25) is 0 Å². The van der Waals surface area contributed by atoms with Gasteiger partial charge < -0.3 is 14.8 Å². The average molecular weight is 362 g/mol. The summed E-state index contributed by atoms with van der Waals surface area (Å²) in [5.41, 5.74) is 0.888. The number of nitrogens with one attached hydrogen (secondary N) is 1. The molecule has 1 aromatic rings. The van der Waals surface area contributed by atoms with Gasteiger partial charge in [-0.15, -0.1) is 0 Å². The fourth-order valence-corrected chi connectivity index (χ4v) is 2.82. The van der Waals surface area contributed by atoms with Crippen LogP contribution in [0.25, 0.3) is 0 Å². The van der Waals surface area contributed by atoms with Gasteiger partial charge in [0.25, 0.3) is 0 Å².